The van der Waals surface area contributed by atoms with E-state index in [4.69, 9.17) is 0 Å². The summed E-state index contributed by atoms with van der Waals surface area (Å²) in [6, 6.07) is 68.0. The van der Waals surface area contributed by atoms with Gasteiger partial charge in [0.25, 0.3) is 0 Å². The van der Waals surface area contributed by atoms with Crippen LogP contribution in [0.4, 0.5) is 17.1 Å². The fraction of sp³-hybridized carbons (Fsp3) is 0.0189. The summed E-state index contributed by atoms with van der Waals surface area (Å²) < 4.78 is 0. The Labute approximate surface area is 323 Å². The fourth-order valence-electron chi connectivity index (χ4n) is 7.23. The number of hydrogen-bond acceptors (Lipinski definition) is 2. The summed E-state index contributed by atoms with van der Waals surface area (Å²) in [5.41, 5.74) is 11.1. The SMILES string of the molecule is c1c(-c2ccc3ccccc3c2)ccc(N(c2ccc(-c3ccc(-c4ccc5ccccc5c4)cc3)cc2)c2ccc([C@H]3/C=C/C=C\C=C/C=C\N3)cc2)c#1. The maximum atomic E-state index is 3.52. The molecule has 1 aliphatic rings. The topological polar surface area (TPSA) is 15.3 Å². The summed E-state index contributed by atoms with van der Waals surface area (Å²) in [5.74, 6) is 0. The lowest BCUT2D eigenvalue weighted by atomic mass is 9.98. The summed E-state index contributed by atoms with van der Waals surface area (Å²) in [7, 11) is 0. The van der Waals surface area contributed by atoms with E-state index in [9.17, 15) is 0 Å². The molecule has 2 nitrogen and oxygen atoms in total. The average molecular weight is 703 g/mol. The lowest BCUT2D eigenvalue weighted by Crippen LogP contribution is -2.14. The van der Waals surface area contributed by atoms with Gasteiger partial charge in [-0.25, -0.2) is 0 Å². The van der Waals surface area contributed by atoms with Crippen molar-refractivity contribution in [1.29, 1.82) is 0 Å². The smallest absolute Gasteiger partial charge is 0.0973 e. The van der Waals surface area contributed by atoms with Crippen molar-refractivity contribution in [2.75, 3.05) is 4.90 Å². The Morgan fingerprint density at radius 3 is 1.55 bits per heavy atom. The van der Waals surface area contributed by atoms with Gasteiger partial charge in [0.2, 0.25) is 0 Å². The Morgan fingerprint density at radius 2 is 0.909 bits per heavy atom. The number of fused-ring (bicyclic) bond motifs is 2. The van der Waals surface area contributed by atoms with Gasteiger partial charge < -0.3 is 10.2 Å². The maximum Gasteiger partial charge on any atom is 0.0973 e. The van der Waals surface area contributed by atoms with Crippen LogP contribution >= 0.6 is 0 Å². The lowest BCUT2D eigenvalue weighted by molar-refractivity contribution is 0.755. The first-order valence-corrected chi connectivity index (χ1v) is 18.7. The molecule has 9 rings (SSSR count). The average Bonchev–Trinajstić information content (AvgIpc) is 3.26. The number of nitrogens with one attached hydrogen (secondary N) is 1. The molecule has 1 aliphatic heterocycles. The van der Waals surface area contributed by atoms with Crippen LogP contribution in [0.5, 0.6) is 0 Å². The molecule has 1 heterocycles. The quantitative estimate of drug-likeness (QED) is 0.178. The van der Waals surface area contributed by atoms with Crippen LogP contribution in [0.15, 0.2) is 219 Å². The first-order valence-electron chi connectivity index (χ1n) is 18.7. The van der Waals surface area contributed by atoms with Crippen molar-refractivity contribution in [1.82, 2.24) is 5.32 Å². The molecule has 55 heavy (non-hydrogen) atoms. The zero-order chi connectivity index (χ0) is 36.8. The molecule has 1 atom stereocenters. The van der Waals surface area contributed by atoms with Gasteiger partial charge in [-0.05, 0) is 122 Å². The molecule has 0 saturated carbocycles. The molecular formula is C53H38N2. The van der Waals surface area contributed by atoms with Gasteiger partial charge >= 0.3 is 0 Å². The highest BCUT2D eigenvalue weighted by atomic mass is 15.1. The first kappa shape index (κ1) is 33.5. The molecular weight excluding hydrogens is 665 g/mol. The summed E-state index contributed by atoms with van der Waals surface area (Å²) in [6.45, 7) is 0. The van der Waals surface area contributed by atoms with Crippen molar-refractivity contribution < 1.29 is 0 Å². The molecule has 0 bridgehead atoms. The van der Waals surface area contributed by atoms with Crippen LogP contribution in [-0.4, -0.2) is 0 Å². The van der Waals surface area contributed by atoms with Crippen LogP contribution in [0.3, 0.4) is 0 Å². The van der Waals surface area contributed by atoms with Crippen LogP contribution in [0.1, 0.15) is 11.6 Å². The summed E-state index contributed by atoms with van der Waals surface area (Å²) in [5, 5.41) is 8.47. The molecule has 0 saturated heterocycles. The molecule has 8 aromatic rings. The predicted molar refractivity (Wildman–Crippen MR) is 233 cm³/mol. The monoisotopic (exact) mass is 702 g/mol. The van der Waals surface area contributed by atoms with Crippen molar-refractivity contribution in [2.24, 2.45) is 0 Å². The number of benzene rings is 7. The van der Waals surface area contributed by atoms with Gasteiger partial charge in [-0.2, -0.15) is 0 Å². The van der Waals surface area contributed by atoms with Gasteiger partial charge in [0.1, 0.15) is 0 Å². The van der Waals surface area contributed by atoms with Crippen LogP contribution < -0.4 is 10.2 Å². The van der Waals surface area contributed by atoms with Crippen molar-refractivity contribution in [3.63, 3.8) is 0 Å². The van der Waals surface area contributed by atoms with Gasteiger partial charge in [-0.3, -0.25) is 0 Å². The van der Waals surface area contributed by atoms with E-state index < -0.39 is 0 Å². The zero-order valence-electron chi connectivity index (χ0n) is 30.3. The van der Waals surface area contributed by atoms with Crippen molar-refractivity contribution in [3.05, 3.63) is 236 Å². The summed E-state index contributed by atoms with van der Waals surface area (Å²) in [6.07, 6.45) is 16.4. The number of hydrogen-bond donors (Lipinski definition) is 1. The van der Waals surface area contributed by atoms with E-state index in [-0.39, 0.29) is 6.04 Å². The van der Waals surface area contributed by atoms with Crippen LogP contribution in [0.2, 0.25) is 0 Å². The van der Waals surface area contributed by atoms with E-state index in [2.05, 4.69) is 210 Å². The van der Waals surface area contributed by atoms with Crippen molar-refractivity contribution in [3.8, 4) is 33.4 Å². The second kappa shape index (κ2) is 15.3. The minimum atomic E-state index is 0.0444. The maximum absolute atomic E-state index is 3.52. The van der Waals surface area contributed by atoms with Crippen molar-refractivity contribution >= 4 is 38.6 Å². The van der Waals surface area contributed by atoms with E-state index in [0.29, 0.717) is 0 Å². The minimum Gasteiger partial charge on any atom is -0.381 e. The van der Waals surface area contributed by atoms with E-state index in [1.165, 1.54) is 43.8 Å². The first-order chi connectivity index (χ1) is 27.2. The number of rotatable bonds is 7. The Balaban J connectivity index is 1.03. The number of nitrogens with zero attached hydrogens (tertiary/aromatic N) is 1. The normalized spacial score (nSPS) is 16.0. The third-order valence-electron chi connectivity index (χ3n) is 10.2. The molecule has 1 N–H and O–H groups in total. The minimum absolute atomic E-state index is 0.0444. The van der Waals surface area contributed by atoms with E-state index in [0.717, 1.165) is 33.8 Å². The Hall–Kier alpha value is -7.34. The van der Waals surface area contributed by atoms with Crippen LogP contribution in [0, 0.1) is 12.1 Å². The molecule has 0 unspecified atom stereocenters. The molecule has 0 fully saturated rings. The molecule has 0 aromatic heterocycles. The lowest BCUT2D eigenvalue weighted by Gasteiger charge is -2.25. The standard InChI is InChI=1S/C53H38N2/c1-2-4-10-36-54-53(15-5-3-1)45-28-34-52(35-29-45)55(51-32-26-44(27-33-51)49-23-21-40-12-7-9-14-47(40)38-49)50-30-24-42(25-31-50)41-16-18-43(19-17-41)48-22-20-39-11-6-8-13-46(39)37-48/h1-26,28-32,34-38,53-54H/b3-1-,4-2-,15-5+,36-10-/t53-/m1/s1. The molecule has 0 spiro atoms. The fourth-order valence-corrected chi connectivity index (χ4v) is 7.23. The zero-order valence-corrected chi connectivity index (χ0v) is 30.3. The van der Waals surface area contributed by atoms with Gasteiger partial charge in [0.05, 0.1) is 11.7 Å². The highest BCUT2D eigenvalue weighted by Crippen LogP contribution is 2.37. The Morgan fingerprint density at radius 1 is 0.400 bits per heavy atom. The highest BCUT2D eigenvalue weighted by Gasteiger charge is 2.15. The highest BCUT2D eigenvalue weighted by molar-refractivity contribution is 5.89. The molecule has 260 valence electrons. The predicted octanol–water partition coefficient (Wildman–Crippen LogP) is 13.9. The van der Waals surface area contributed by atoms with Crippen LogP contribution in [-0.2, 0) is 0 Å². The molecule has 0 amide bonds. The third kappa shape index (κ3) is 7.33. The largest absolute Gasteiger partial charge is 0.381 e. The van der Waals surface area contributed by atoms with Crippen LogP contribution in [0.25, 0.3) is 54.9 Å². The molecule has 0 aliphatic carbocycles. The second-order valence-electron chi connectivity index (χ2n) is 13.7. The van der Waals surface area contributed by atoms with Gasteiger partial charge in [0, 0.05) is 16.9 Å². The second-order valence-corrected chi connectivity index (χ2v) is 13.7. The molecule has 0 radical (unpaired) electrons. The third-order valence-corrected chi connectivity index (χ3v) is 10.2. The van der Waals surface area contributed by atoms with E-state index in [1.807, 2.05) is 30.5 Å². The Kier molecular flexibility index (Phi) is 9.34. The summed E-state index contributed by atoms with van der Waals surface area (Å²) >= 11 is 0. The molecule has 8 aromatic carbocycles. The number of anilines is 3. The van der Waals surface area contributed by atoms with E-state index >= 15 is 0 Å². The molecule has 2 heteroatoms. The van der Waals surface area contributed by atoms with E-state index in [1.54, 1.807) is 0 Å². The van der Waals surface area contributed by atoms with Gasteiger partial charge in [0.15, 0.2) is 0 Å². The Bertz CT molecular complexity index is 2700. The summed E-state index contributed by atoms with van der Waals surface area (Å²) in [4.78, 5) is 2.25. The van der Waals surface area contributed by atoms with Gasteiger partial charge in [-0.1, -0.05) is 164 Å². The number of allylic oxidation sites excluding steroid dienone is 6. The van der Waals surface area contributed by atoms with Gasteiger partial charge in [-0.15, -0.1) is 0 Å². The van der Waals surface area contributed by atoms with Crippen molar-refractivity contribution in [2.45, 2.75) is 6.04 Å².